The summed E-state index contributed by atoms with van der Waals surface area (Å²) in [5.74, 6) is 0.0244. The van der Waals surface area contributed by atoms with Crippen LogP contribution in [0, 0.1) is 0 Å². The third-order valence-electron chi connectivity index (χ3n) is 3.12. The van der Waals surface area contributed by atoms with Crippen LogP contribution < -0.4 is 9.47 Å². The Labute approximate surface area is 164 Å². The fourth-order valence-corrected chi connectivity index (χ4v) is 2.93. The van der Waals surface area contributed by atoms with E-state index in [1.807, 2.05) is 13.0 Å². The van der Waals surface area contributed by atoms with Gasteiger partial charge in [-0.15, -0.1) is 0 Å². The molecule has 0 aliphatic heterocycles. The van der Waals surface area contributed by atoms with E-state index in [1.165, 1.54) is 6.08 Å². The molecule has 0 unspecified atom stereocenters. The Hall–Kier alpha value is -1.69. The molecular weight excluding hydrogens is 431 g/mol. The number of carboxylic acid groups (broad SMARTS) is 1. The van der Waals surface area contributed by atoms with Gasteiger partial charge in [0.05, 0.1) is 21.1 Å². The second kappa shape index (κ2) is 9.13. The molecule has 0 aromatic heterocycles. The van der Waals surface area contributed by atoms with Crippen LogP contribution in [-0.2, 0) is 11.4 Å². The van der Waals surface area contributed by atoms with E-state index in [2.05, 4.69) is 15.9 Å². The summed E-state index contributed by atoms with van der Waals surface area (Å²) in [4.78, 5) is 10.7. The molecule has 0 heterocycles. The Balaban J connectivity index is 2.26. The highest BCUT2D eigenvalue weighted by Gasteiger charge is 2.12. The summed E-state index contributed by atoms with van der Waals surface area (Å²) in [6.07, 6.45) is 2.55. The van der Waals surface area contributed by atoms with Gasteiger partial charge in [-0.25, -0.2) is 4.79 Å². The van der Waals surface area contributed by atoms with Gasteiger partial charge in [0.15, 0.2) is 11.5 Å². The van der Waals surface area contributed by atoms with Crippen LogP contribution in [0.1, 0.15) is 18.1 Å². The third-order valence-corrected chi connectivity index (χ3v) is 4.45. The lowest BCUT2D eigenvalue weighted by Gasteiger charge is -2.15. The van der Waals surface area contributed by atoms with Crippen LogP contribution in [-0.4, -0.2) is 17.7 Å². The average molecular weight is 446 g/mol. The van der Waals surface area contributed by atoms with Crippen molar-refractivity contribution in [3.63, 3.8) is 0 Å². The number of carbonyl (C=O) groups is 1. The van der Waals surface area contributed by atoms with Crippen LogP contribution in [0.15, 0.2) is 40.9 Å². The Bertz CT molecular complexity index is 806. The van der Waals surface area contributed by atoms with Crippen molar-refractivity contribution in [3.8, 4) is 11.5 Å². The molecule has 2 aromatic rings. The minimum Gasteiger partial charge on any atom is -0.490 e. The summed E-state index contributed by atoms with van der Waals surface area (Å²) in [5, 5.41) is 9.69. The zero-order chi connectivity index (χ0) is 18.4. The van der Waals surface area contributed by atoms with Gasteiger partial charge in [0.1, 0.15) is 6.61 Å². The van der Waals surface area contributed by atoms with E-state index < -0.39 is 5.97 Å². The molecule has 0 saturated heterocycles. The number of hydrogen-bond acceptors (Lipinski definition) is 3. The zero-order valence-electron chi connectivity index (χ0n) is 13.3. The summed E-state index contributed by atoms with van der Waals surface area (Å²) < 4.78 is 12.1. The first-order valence-corrected chi connectivity index (χ1v) is 8.89. The molecule has 0 fully saturated rings. The second-order valence-electron chi connectivity index (χ2n) is 4.97. The van der Waals surface area contributed by atoms with E-state index >= 15 is 0 Å². The average Bonchev–Trinajstić information content (AvgIpc) is 2.55. The van der Waals surface area contributed by atoms with Gasteiger partial charge in [0.2, 0.25) is 0 Å². The van der Waals surface area contributed by atoms with E-state index in [1.54, 1.807) is 24.3 Å². The lowest BCUT2D eigenvalue weighted by molar-refractivity contribution is -0.131. The van der Waals surface area contributed by atoms with E-state index in [0.29, 0.717) is 38.2 Å². The fourth-order valence-electron chi connectivity index (χ4n) is 2.04. The van der Waals surface area contributed by atoms with E-state index in [4.69, 9.17) is 37.8 Å². The number of carboxylic acids is 1. The van der Waals surface area contributed by atoms with Gasteiger partial charge in [-0.05, 0) is 64.3 Å². The Morgan fingerprint density at radius 1 is 1.20 bits per heavy atom. The molecule has 0 bridgehead atoms. The van der Waals surface area contributed by atoms with Crippen molar-refractivity contribution >= 4 is 51.2 Å². The van der Waals surface area contributed by atoms with Gasteiger partial charge >= 0.3 is 5.97 Å². The Kier molecular flexibility index (Phi) is 7.17. The molecule has 2 aromatic carbocycles. The van der Waals surface area contributed by atoms with Gasteiger partial charge < -0.3 is 14.6 Å². The van der Waals surface area contributed by atoms with Crippen molar-refractivity contribution in [1.29, 1.82) is 0 Å². The molecule has 0 atom stereocenters. The molecule has 4 nitrogen and oxygen atoms in total. The smallest absolute Gasteiger partial charge is 0.328 e. The number of hydrogen-bond donors (Lipinski definition) is 1. The van der Waals surface area contributed by atoms with Crippen LogP contribution in [0.3, 0.4) is 0 Å². The van der Waals surface area contributed by atoms with E-state index in [-0.39, 0.29) is 6.61 Å². The highest BCUT2D eigenvalue weighted by molar-refractivity contribution is 9.10. The largest absolute Gasteiger partial charge is 0.490 e. The van der Waals surface area contributed by atoms with Crippen molar-refractivity contribution in [2.75, 3.05) is 6.61 Å². The Morgan fingerprint density at radius 3 is 2.60 bits per heavy atom. The molecule has 25 heavy (non-hydrogen) atoms. The summed E-state index contributed by atoms with van der Waals surface area (Å²) in [5.41, 5.74) is 1.54. The molecule has 7 heteroatoms. The molecule has 1 N–H and O–H groups in total. The van der Waals surface area contributed by atoms with Crippen molar-refractivity contribution in [3.05, 3.63) is 62.1 Å². The standard InChI is InChI=1S/C18H15BrCl2O4/c1-2-24-16-9-11(4-6-17(22)23)7-13(19)18(16)25-10-12-3-5-14(20)15(21)8-12/h3-9H,2,10H2,1H3,(H,22,23). The van der Waals surface area contributed by atoms with Gasteiger partial charge in [0.25, 0.3) is 0 Å². The molecule has 0 aliphatic rings. The molecule has 0 spiro atoms. The predicted molar refractivity (Wildman–Crippen MR) is 103 cm³/mol. The third kappa shape index (κ3) is 5.66. The monoisotopic (exact) mass is 444 g/mol. The molecule has 0 saturated carbocycles. The summed E-state index contributed by atoms with van der Waals surface area (Å²) >= 11 is 15.4. The number of ether oxygens (including phenoxy) is 2. The van der Waals surface area contributed by atoms with E-state index in [9.17, 15) is 4.79 Å². The maximum Gasteiger partial charge on any atom is 0.328 e. The van der Waals surface area contributed by atoms with Crippen LogP contribution in [0.5, 0.6) is 11.5 Å². The zero-order valence-corrected chi connectivity index (χ0v) is 16.4. The van der Waals surface area contributed by atoms with Gasteiger partial charge in [-0.2, -0.15) is 0 Å². The van der Waals surface area contributed by atoms with Crippen LogP contribution in [0.4, 0.5) is 0 Å². The van der Waals surface area contributed by atoms with Crippen LogP contribution in [0.2, 0.25) is 10.0 Å². The minimum atomic E-state index is -1.02. The van der Waals surface area contributed by atoms with Gasteiger partial charge in [-0.3, -0.25) is 0 Å². The number of halogens is 3. The number of benzene rings is 2. The normalized spacial score (nSPS) is 10.9. The molecule has 0 radical (unpaired) electrons. The first-order valence-electron chi connectivity index (χ1n) is 7.34. The quantitative estimate of drug-likeness (QED) is 0.544. The van der Waals surface area contributed by atoms with E-state index in [0.717, 1.165) is 11.6 Å². The van der Waals surface area contributed by atoms with Gasteiger partial charge in [-0.1, -0.05) is 29.3 Å². The minimum absolute atomic E-state index is 0.278. The van der Waals surface area contributed by atoms with Crippen molar-refractivity contribution in [2.45, 2.75) is 13.5 Å². The summed E-state index contributed by atoms with van der Waals surface area (Å²) in [7, 11) is 0. The highest BCUT2D eigenvalue weighted by Crippen LogP contribution is 2.38. The first kappa shape index (κ1) is 19.6. The molecule has 132 valence electrons. The molecular formula is C18H15BrCl2O4. The highest BCUT2D eigenvalue weighted by atomic mass is 79.9. The van der Waals surface area contributed by atoms with Gasteiger partial charge in [0, 0.05) is 6.08 Å². The first-order chi connectivity index (χ1) is 11.9. The summed E-state index contributed by atoms with van der Waals surface area (Å²) in [6, 6.07) is 8.75. The second-order valence-corrected chi connectivity index (χ2v) is 6.64. The number of aliphatic carboxylic acids is 1. The molecule has 0 amide bonds. The maximum absolute atomic E-state index is 10.7. The van der Waals surface area contributed by atoms with Crippen molar-refractivity contribution in [1.82, 2.24) is 0 Å². The molecule has 2 rings (SSSR count). The van der Waals surface area contributed by atoms with Crippen molar-refractivity contribution in [2.24, 2.45) is 0 Å². The maximum atomic E-state index is 10.7. The Morgan fingerprint density at radius 2 is 1.96 bits per heavy atom. The predicted octanol–water partition coefficient (Wildman–Crippen LogP) is 5.83. The molecule has 0 aliphatic carbocycles. The number of rotatable bonds is 7. The lowest BCUT2D eigenvalue weighted by atomic mass is 10.2. The van der Waals surface area contributed by atoms with Crippen molar-refractivity contribution < 1.29 is 19.4 Å². The fraction of sp³-hybridized carbons (Fsp3) is 0.167. The topological polar surface area (TPSA) is 55.8 Å². The van der Waals surface area contributed by atoms with Crippen LogP contribution >= 0.6 is 39.1 Å². The summed E-state index contributed by atoms with van der Waals surface area (Å²) in [6.45, 7) is 2.58. The van der Waals surface area contributed by atoms with Crippen LogP contribution in [0.25, 0.3) is 6.08 Å². The SMILES string of the molecule is CCOc1cc(C=CC(=O)O)cc(Br)c1OCc1ccc(Cl)c(Cl)c1. The lowest BCUT2D eigenvalue weighted by Crippen LogP contribution is -2.01.